The van der Waals surface area contributed by atoms with E-state index in [0.29, 0.717) is 70.4 Å². The van der Waals surface area contributed by atoms with Crippen LogP contribution in [-0.4, -0.2) is 33.7 Å². The van der Waals surface area contributed by atoms with Crippen LogP contribution in [0.5, 0.6) is 23.0 Å². The number of methoxy groups -OCH3 is 2. The van der Waals surface area contributed by atoms with E-state index in [1.165, 1.54) is 24.2 Å². The molecule has 0 aliphatic carbocycles. The highest BCUT2D eigenvalue weighted by atomic mass is 79.9. The lowest BCUT2D eigenvalue weighted by Crippen LogP contribution is -2.12. The Morgan fingerprint density at radius 2 is 1.21 bits per heavy atom. The van der Waals surface area contributed by atoms with Gasteiger partial charge in [0.25, 0.3) is 0 Å². The molecule has 0 bridgehead atoms. The maximum absolute atomic E-state index is 10.1. The number of ether oxygens (including phenoxy) is 4. The van der Waals surface area contributed by atoms with Gasteiger partial charge in [-0.1, -0.05) is 66.2 Å². The number of benzene rings is 2. The Labute approximate surface area is 440 Å². The van der Waals surface area contributed by atoms with Crippen LogP contribution in [0.4, 0.5) is 0 Å². The largest absolute Gasteiger partial charge is 0.497 e. The Bertz CT molecular complexity index is 2610. The first-order chi connectivity index (χ1) is 32.9. The number of rotatable bonds is 23. The molecule has 0 aliphatic heterocycles. The zero-order valence-electron chi connectivity index (χ0n) is 39.3. The molecule has 3 aromatic heterocycles. The zero-order chi connectivity index (χ0) is 49.8. The van der Waals surface area contributed by atoms with Crippen molar-refractivity contribution in [3.63, 3.8) is 0 Å². The van der Waals surface area contributed by atoms with Crippen molar-refractivity contribution in [2.45, 2.75) is 92.0 Å². The summed E-state index contributed by atoms with van der Waals surface area (Å²) in [5.41, 5.74) is 3.85. The minimum atomic E-state index is 0.249. The highest BCUT2D eigenvalue weighted by Crippen LogP contribution is 2.40. The number of hydrogen-bond donors (Lipinski definition) is 0. The van der Waals surface area contributed by atoms with E-state index in [0.717, 1.165) is 81.9 Å². The van der Waals surface area contributed by atoms with E-state index in [2.05, 4.69) is 97.3 Å². The van der Waals surface area contributed by atoms with Gasteiger partial charge in [0.1, 0.15) is 23.0 Å². The van der Waals surface area contributed by atoms with Gasteiger partial charge in [0, 0.05) is 26.4 Å². The molecule has 0 spiro atoms. The van der Waals surface area contributed by atoms with E-state index in [9.17, 15) is 10.1 Å². The molecular weight excluding hydrogens is 1110 g/mol. The van der Waals surface area contributed by atoms with Crippen molar-refractivity contribution < 1.29 is 23.7 Å². The van der Waals surface area contributed by atoms with Gasteiger partial charge in [0.15, 0.2) is 12.0 Å². The van der Waals surface area contributed by atoms with Gasteiger partial charge >= 0.3 is 0 Å². The molecule has 2 aromatic carbocycles. The minimum absolute atomic E-state index is 0.249. The zero-order valence-corrected chi connectivity index (χ0v) is 46.5. The third-order valence-electron chi connectivity index (χ3n) is 10.6. The van der Waals surface area contributed by atoms with Gasteiger partial charge in [0.05, 0.1) is 79.9 Å². The van der Waals surface area contributed by atoms with Crippen LogP contribution < -0.4 is 18.9 Å². The summed E-state index contributed by atoms with van der Waals surface area (Å²) in [6.07, 6.45) is 13.9. The van der Waals surface area contributed by atoms with Crippen LogP contribution in [0.3, 0.4) is 0 Å². The Balaban J connectivity index is 0.000000333. The molecule has 0 fully saturated rings. The molecule has 3 heterocycles. The Kier molecular flexibility index (Phi) is 27.3. The summed E-state index contributed by atoms with van der Waals surface area (Å²) in [5, 5.41) is 19.1. The van der Waals surface area contributed by atoms with Gasteiger partial charge in [-0.3, -0.25) is 4.79 Å². The van der Waals surface area contributed by atoms with Crippen molar-refractivity contribution in [2.24, 2.45) is 11.8 Å². The summed E-state index contributed by atoms with van der Waals surface area (Å²) in [5.74, 6) is 3.40. The quantitative estimate of drug-likeness (QED) is 0.0364. The lowest BCUT2D eigenvalue weighted by atomic mass is 9.98. The number of hydrogen-bond acceptors (Lipinski definition) is 10. The first-order valence-corrected chi connectivity index (χ1v) is 27.1. The van der Waals surface area contributed by atoms with Gasteiger partial charge in [-0.25, -0.2) is 11.4 Å². The van der Waals surface area contributed by atoms with Crippen LogP contribution in [0.15, 0.2) is 72.0 Å². The van der Waals surface area contributed by atoms with Gasteiger partial charge in [-0.15, -0.1) is 34.0 Å². The lowest BCUT2D eigenvalue weighted by molar-refractivity contribution is 0.112. The Morgan fingerprint density at radius 3 is 1.63 bits per heavy atom. The summed E-state index contributed by atoms with van der Waals surface area (Å²) in [6.45, 7) is 25.1. The predicted octanol–water partition coefficient (Wildman–Crippen LogP) is 17.5. The van der Waals surface area contributed by atoms with Crippen molar-refractivity contribution in [1.29, 1.82) is 10.5 Å². The van der Waals surface area contributed by atoms with Crippen LogP contribution in [-0.2, 0) is 13.0 Å². The Hall–Kier alpha value is -4.71. The second kappa shape index (κ2) is 32.2. The van der Waals surface area contributed by atoms with Crippen molar-refractivity contribution >= 4 is 112 Å². The molecule has 0 radical (unpaired) electrons. The van der Waals surface area contributed by atoms with E-state index in [4.69, 9.17) is 37.4 Å². The van der Waals surface area contributed by atoms with Crippen molar-refractivity contribution in [3.8, 4) is 35.1 Å². The first kappa shape index (κ1) is 57.6. The molecular formula is C53H57Br3N4O5S3. The lowest BCUT2D eigenvalue weighted by Gasteiger charge is -2.19. The number of carbonyl (C=O) groups is 1. The van der Waals surface area contributed by atoms with Crippen LogP contribution in [0.25, 0.3) is 33.1 Å². The summed E-state index contributed by atoms with van der Waals surface area (Å²) in [4.78, 5) is 19.9. The third-order valence-corrected chi connectivity index (χ3v) is 15.3. The van der Waals surface area contributed by atoms with E-state index < -0.39 is 0 Å². The normalized spacial score (nSPS) is 11.8. The Morgan fingerprint density at radius 1 is 0.691 bits per heavy atom. The highest BCUT2D eigenvalue weighted by molar-refractivity contribution is 9.11. The predicted molar refractivity (Wildman–Crippen MR) is 293 cm³/mol. The molecule has 5 rings (SSSR count). The standard InChI is InChI=1S/C29H28Br2N2O2S2.C19H26N2O2.C5H3BrOS/c1-5-7-8-19(6-2)18-35-27-16-24(25(33-3)14-22-10-12-29(31)37-22)26(34-4)15-23(27)20(17-32)13-21-9-11-28(30)36-21;1-5-7-8-15(6-2)14-23-19-12-17(13-21-3)18(22-4)11-16(19)9-10-20;6-5-2-1-4(3-7)8-5/h9-16,19H,5-8,18H2,1-2,4H3;11-12,15H,5-9,13-14H2,1-2,4H3;1-3H/b20-13+,25-14-;;. The number of aldehydes is 1. The third kappa shape index (κ3) is 19.0. The molecule has 0 amide bonds. The molecule has 0 saturated carbocycles. The first-order valence-electron chi connectivity index (χ1n) is 22.2. The summed E-state index contributed by atoms with van der Waals surface area (Å²) < 4.78 is 26.5. The van der Waals surface area contributed by atoms with Gasteiger partial charge in [-0.2, -0.15) is 10.5 Å². The molecule has 15 heteroatoms. The van der Waals surface area contributed by atoms with Crippen molar-refractivity contribution in [2.75, 3.05) is 27.4 Å². The number of unbranched alkanes of at least 4 members (excludes halogenated alkanes) is 2. The number of allylic oxidation sites excluding steroid dienone is 1. The highest BCUT2D eigenvalue weighted by Gasteiger charge is 2.20. The fraction of sp³-hybridized carbons (Fsp3) is 0.377. The molecule has 0 saturated heterocycles. The second-order valence-corrected chi connectivity index (χ2v) is 22.8. The molecule has 0 aliphatic rings. The topological polar surface area (TPSA) is 110 Å². The second-order valence-electron chi connectivity index (χ2n) is 15.3. The molecule has 9 nitrogen and oxygen atoms in total. The minimum Gasteiger partial charge on any atom is -0.497 e. The SMILES string of the molecule is O=Cc1ccc(Br)s1.[C-]#[N+]/C(=C\c1ccc(Br)s1)c1cc(OCC(CC)CCCC)c(/C(C#N)=C/c2ccc(Br)s2)cc1OC.[C-]#[N+]Cc1cc(OCC(CC)CCCC)c(CC#N)cc1OC. The number of nitrogens with zero attached hydrogens (tertiary/aromatic N) is 4. The average Bonchev–Trinajstić information content (AvgIpc) is 4.10. The summed E-state index contributed by atoms with van der Waals surface area (Å²) in [6, 6.07) is 23.4. The van der Waals surface area contributed by atoms with Gasteiger partial charge in [0.2, 0.25) is 6.54 Å². The smallest absolute Gasteiger partial charge is 0.243 e. The molecule has 0 N–H and O–H groups in total. The van der Waals surface area contributed by atoms with E-state index in [-0.39, 0.29) is 13.0 Å². The van der Waals surface area contributed by atoms with Gasteiger partial charge in [-0.05, 0) is 145 Å². The number of halogens is 3. The monoisotopic (exact) mass is 1160 g/mol. The van der Waals surface area contributed by atoms with E-state index in [1.54, 1.807) is 43.0 Å². The maximum Gasteiger partial charge on any atom is 0.243 e. The number of thiophene rings is 3. The van der Waals surface area contributed by atoms with Gasteiger partial charge < -0.3 is 23.8 Å². The maximum atomic E-state index is 10.1. The number of nitriles is 2. The molecule has 2 atom stereocenters. The summed E-state index contributed by atoms with van der Waals surface area (Å²) in [7, 11) is 3.16. The van der Waals surface area contributed by atoms with Crippen molar-refractivity contribution in [3.05, 3.63) is 132 Å². The van der Waals surface area contributed by atoms with E-state index >= 15 is 0 Å². The van der Waals surface area contributed by atoms with Crippen molar-refractivity contribution in [1.82, 2.24) is 0 Å². The molecule has 358 valence electrons. The van der Waals surface area contributed by atoms with Crippen LogP contribution in [0.1, 0.15) is 121 Å². The molecule has 5 aromatic rings. The van der Waals surface area contributed by atoms with Crippen LogP contribution >= 0.6 is 81.8 Å². The average molecular weight is 1170 g/mol. The molecule has 2 unspecified atom stereocenters. The summed E-state index contributed by atoms with van der Waals surface area (Å²) >= 11 is 14.8. The van der Waals surface area contributed by atoms with E-state index in [1.807, 2.05) is 66.7 Å². The number of carbonyl (C=O) groups excluding carboxylic acids is 1. The fourth-order valence-electron chi connectivity index (χ4n) is 6.69. The van der Waals surface area contributed by atoms with Crippen LogP contribution in [0.2, 0.25) is 0 Å². The van der Waals surface area contributed by atoms with Crippen LogP contribution in [0, 0.1) is 47.6 Å². The molecule has 68 heavy (non-hydrogen) atoms. The fourth-order valence-corrected chi connectivity index (χ4v) is 10.7.